The second kappa shape index (κ2) is 8.43. The molecule has 7 nitrogen and oxygen atoms in total. The lowest BCUT2D eigenvalue weighted by molar-refractivity contribution is -0.147. The lowest BCUT2D eigenvalue weighted by Gasteiger charge is -2.27. The van der Waals surface area contributed by atoms with E-state index >= 15 is 0 Å². The quantitative estimate of drug-likeness (QED) is 0.619. The molecule has 1 atom stereocenters. The molecule has 7 heteroatoms. The van der Waals surface area contributed by atoms with Gasteiger partial charge in [0.1, 0.15) is 5.54 Å². The number of aryl methyl sites for hydroxylation is 1. The van der Waals surface area contributed by atoms with Crippen molar-refractivity contribution in [1.82, 2.24) is 20.1 Å². The van der Waals surface area contributed by atoms with Gasteiger partial charge in [0, 0.05) is 12.1 Å². The van der Waals surface area contributed by atoms with Gasteiger partial charge in [-0.05, 0) is 26.3 Å². The molecule has 1 N–H and O–H groups in total. The Bertz CT molecular complexity index is 1030. The van der Waals surface area contributed by atoms with Crippen molar-refractivity contribution in [2.24, 2.45) is 0 Å². The molecule has 1 amide bonds. The lowest BCUT2D eigenvalue weighted by atomic mass is 9.95. The maximum absolute atomic E-state index is 13.3. The fraction of sp³-hybridized carbons (Fsp3) is 0.364. The fourth-order valence-corrected chi connectivity index (χ4v) is 3.48. The number of pyridine rings is 1. The first-order valence-electron chi connectivity index (χ1n) is 9.76. The number of nitrogens with one attached hydrogen (secondary N) is 1. The number of carbonyl (C=O) groups excluding carboxylic acids is 2. The molecule has 0 radical (unpaired) electrons. The number of fused-ring (bicyclic) bond motifs is 1. The molecule has 0 saturated heterocycles. The smallest absolute Gasteiger partial charge is 0.331 e. The minimum Gasteiger partial charge on any atom is -0.467 e. The Balaban J connectivity index is 2.11. The molecule has 152 valence electrons. The zero-order valence-corrected chi connectivity index (χ0v) is 17.2. The van der Waals surface area contributed by atoms with Gasteiger partial charge in [-0.25, -0.2) is 14.5 Å². The van der Waals surface area contributed by atoms with E-state index in [0.29, 0.717) is 35.3 Å². The Morgan fingerprint density at radius 2 is 1.93 bits per heavy atom. The van der Waals surface area contributed by atoms with Crippen LogP contribution in [0.4, 0.5) is 0 Å². The summed E-state index contributed by atoms with van der Waals surface area (Å²) in [5.74, 6) is -0.822. The number of hydrogen-bond donors (Lipinski definition) is 1. The van der Waals surface area contributed by atoms with E-state index in [-0.39, 0.29) is 5.91 Å². The van der Waals surface area contributed by atoms with Crippen molar-refractivity contribution in [3.8, 4) is 11.3 Å². The zero-order valence-electron chi connectivity index (χ0n) is 17.2. The topological polar surface area (TPSA) is 86.1 Å². The van der Waals surface area contributed by atoms with Crippen LogP contribution in [0.5, 0.6) is 0 Å². The van der Waals surface area contributed by atoms with Crippen molar-refractivity contribution < 1.29 is 14.3 Å². The first kappa shape index (κ1) is 20.5. The Kier molecular flexibility index (Phi) is 5.96. The minimum absolute atomic E-state index is 0.355. The molecule has 0 aliphatic carbocycles. The van der Waals surface area contributed by atoms with Gasteiger partial charge in [-0.2, -0.15) is 5.10 Å². The molecule has 0 saturated carbocycles. The maximum Gasteiger partial charge on any atom is 0.331 e. The summed E-state index contributed by atoms with van der Waals surface area (Å²) in [5.41, 5.74) is 1.53. The summed E-state index contributed by atoms with van der Waals surface area (Å²) in [6, 6.07) is 11.4. The third kappa shape index (κ3) is 3.99. The van der Waals surface area contributed by atoms with E-state index in [4.69, 9.17) is 9.72 Å². The maximum atomic E-state index is 13.3. The largest absolute Gasteiger partial charge is 0.467 e. The van der Waals surface area contributed by atoms with Crippen LogP contribution in [-0.4, -0.2) is 39.3 Å². The number of esters is 1. The first-order chi connectivity index (χ1) is 13.9. The summed E-state index contributed by atoms with van der Waals surface area (Å²) in [5, 5.41) is 7.89. The molecule has 0 bridgehead atoms. The van der Waals surface area contributed by atoms with E-state index in [2.05, 4.69) is 10.4 Å². The van der Waals surface area contributed by atoms with Gasteiger partial charge in [-0.15, -0.1) is 0 Å². The summed E-state index contributed by atoms with van der Waals surface area (Å²) < 4.78 is 6.68. The third-order valence-corrected chi connectivity index (χ3v) is 5.00. The highest BCUT2D eigenvalue weighted by Crippen LogP contribution is 2.26. The number of carbonyl (C=O) groups is 2. The molecule has 3 aromatic rings. The standard InChI is InChI=1S/C22H26N4O3/c1-5-12-22(3,21(28)29-4)25-20(27)16-13-18(15-10-8-7-9-11-15)24-19-17(16)14-23-26(19)6-2/h7-11,13-14H,5-6,12H2,1-4H3,(H,25,27). The molecule has 0 spiro atoms. The van der Waals surface area contributed by atoms with Crippen LogP contribution >= 0.6 is 0 Å². The second-order valence-corrected chi connectivity index (χ2v) is 7.15. The number of hydrogen-bond acceptors (Lipinski definition) is 5. The highest BCUT2D eigenvalue weighted by Gasteiger charge is 2.36. The van der Waals surface area contributed by atoms with E-state index in [9.17, 15) is 9.59 Å². The minimum atomic E-state index is -1.11. The van der Waals surface area contributed by atoms with Crippen LogP contribution in [0, 0.1) is 0 Å². The molecule has 29 heavy (non-hydrogen) atoms. The summed E-state index contributed by atoms with van der Waals surface area (Å²) in [6.07, 6.45) is 2.84. The van der Waals surface area contributed by atoms with Gasteiger partial charge in [0.2, 0.25) is 0 Å². The van der Waals surface area contributed by atoms with Crippen LogP contribution in [0.25, 0.3) is 22.3 Å². The molecule has 3 rings (SSSR count). The highest BCUT2D eigenvalue weighted by molar-refractivity contribution is 6.08. The zero-order chi connectivity index (χ0) is 21.0. The lowest BCUT2D eigenvalue weighted by Crippen LogP contribution is -2.52. The van der Waals surface area contributed by atoms with Gasteiger partial charge < -0.3 is 10.1 Å². The normalized spacial score (nSPS) is 13.1. The molecule has 0 aliphatic rings. The van der Waals surface area contributed by atoms with E-state index in [0.717, 1.165) is 12.0 Å². The number of benzene rings is 1. The predicted molar refractivity (Wildman–Crippen MR) is 111 cm³/mol. The van der Waals surface area contributed by atoms with Crippen molar-refractivity contribution >= 4 is 22.9 Å². The second-order valence-electron chi connectivity index (χ2n) is 7.15. The average molecular weight is 394 g/mol. The van der Waals surface area contributed by atoms with Crippen LogP contribution in [0.1, 0.15) is 44.0 Å². The Morgan fingerprint density at radius 3 is 2.55 bits per heavy atom. The van der Waals surface area contributed by atoms with E-state index < -0.39 is 11.5 Å². The predicted octanol–water partition coefficient (Wildman–Crippen LogP) is 3.58. The Labute approximate surface area is 170 Å². The van der Waals surface area contributed by atoms with Crippen molar-refractivity contribution in [3.63, 3.8) is 0 Å². The summed E-state index contributed by atoms with van der Waals surface area (Å²) >= 11 is 0. The molecule has 2 aromatic heterocycles. The van der Waals surface area contributed by atoms with Crippen LogP contribution < -0.4 is 5.32 Å². The fourth-order valence-electron chi connectivity index (χ4n) is 3.48. The molecule has 2 heterocycles. The SMILES string of the molecule is CCCC(C)(NC(=O)c1cc(-c2ccccc2)nc2c1cnn2CC)C(=O)OC. The van der Waals surface area contributed by atoms with Gasteiger partial charge in [-0.1, -0.05) is 43.7 Å². The number of aromatic nitrogens is 3. The molecule has 1 aromatic carbocycles. The summed E-state index contributed by atoms with van der Waals surface area (Å²) in [6.45, 7) is 6.24. The van der Waals surface area contributed by atoms with Gasteiger partial charge in [-0.3, -0.25) is 4.79 Å². The van der Waals surface area contributed by atoms with Crippen molar-refractivity contribution in [3.05, 3.63) is 48.2 Å². The molecule has 0 aliphatic heterocycles. The number of amides is 1. The Hall–Kier alpha value is -3.22. The molecular formula is C22H26N4O3. The number of methoxy groups -OCH3 is 1. The third-order valence-electron chi connectivity index (χ3n) is 5.00. The number of ether oxygens (including phenoxy) is 1. The molecule has 1 unspecified atom stereocenters. The summed E-state index contributed by atoms with van der Waals surface area (Å²) in [4.78, 5) is 30.3. The first-order valence-corrected chi connectivity index (χ1v) is 9.76. The van der Waals surface area contributed by atoms with E-state index in [1.165, 1.54) is 7.11 Å². The van der Waals surface area contributed by atoms with Gasteiger partial charge in [0.25, 0.3) is 5.91 Å². The van der Waals surface area contributed by atoms with Crippen LogP contribution in [0.3, 0.4) is 0 Å². The van der Waals surface area contributed by atoms with Gasteiger partial charge in [0.05, 0.1) is 30.0 Å². The van der Waals surface area contributed by atoms with E-state index in [1.54, 1.807) is 23.9 Å². The van der Waals surface area contributed by atoms with Crippen LogP contribution in [0.15, 0.2) is 42.6 Å². The number of rotatable bonds is 7. The highest BCUT2D eigenvalue weighted by atomic mass is 16.5. The van der Waals surface area contributed by atoms with Gasteiger partial charge in [0.15, 0.2) is 5.65 Å². The van der Waals surface area contributed by atoms with Crippen molar-refractivity contribution in [2.45, 2.75) is 45.7 Å². The molecule has 0 fully saturated rings. The average Bonchev–Trinajstić information content (AvgIpc) is 3.16. The monoisotopic (exact) mass is 394 g/mol. The van der Waals surface area contributed by atoms with Crippen molar-refractivity contribution in [2.75, 3.05) is 7.11 Å². The number of nitrogens with zero attached hydrogens (tertiary/aromatic N) is 3. The van der Waals surface area contributed by atoms with Crippen molar-refractivity contribution in [1.29, 1.82) is 0 Å². The van der Waals surface area contributed by atoms with Crippen LogP contribution in [0.2, 0.25) is 0 Å². The Morgan fingerprint density at radius 1 is 1.21 bits per heavy atom. The summed E-state index contributed by atoms with van der Waals surface area (Å²) in [7, 11) is 1.33. The van der Waals surface area contributed by atoms with Crippen LogP contribution in [-0.2, 0) is 16.1 Å². The van der Waals surface area contributed by atoms with Gasteiger partial charge >= 0.3 is 5.97 Å². The molecular weight excluding hydrogens is 368 g/mol. The van der Waals surface area contributed by atoms with E-state index in [1.807, 2.05) is 44.2 Å².